The summed E-state index contributed by atoms with van der Waals surface area (Å²) in [5.41, 5.74) is -0.139. The van der Waals surface area contributed by atoms with Gasteiger partial charge in [-0.1, -0.05) is 6.92 Å². The van der Waals surface area contributed by atoms with Gasteiger partial charge in [0, 0.05) is 5.41 Å². The summed E-state index contributed by atoms with van der Waals surface area (Å²) in [4.78, 5) is 0. The quantitative estimate of drug-likeness (QED) is 0.461. The molecule has 0 bridgehead atoms. The highest BCUT2D eigenvalue weighted by molar-refractivity contribution is 4.89. The molecule has 2 nitrogen and oxygen atoms in total. The second-order valence-corrected chi connectivity index (χ2v) is 2.53. The Morgan fingerprint density at radius 3 is 1.86 bits per heavy atom. The first kappa shape index (κ1) is 5.06. The van der Waals surface area contributed by atoms with Crippen LogP contribution in [0, 0.1) is 5.41 Å². The van der Waals surface area contributed by atoms with E-state index in [1.807, 2.05) is 6.92 Å². The summed E-state index contributed by atoms with van der Waals surface area (Å²) < 4.78 is 0. The Bertz CT molecular complexity index is 74.1. The van der Waals surface area contributed by atoms with Gasteiger partial charge in [-0.2, -0.15) is 0 Å². The highest BCUT2D eigenvalue weighted by Gasteiger charge is 2.43. The van der Waals surface area contributed by atoms with Crippen LogP contribution in [-0.4, -0.2) is 16.5 Å². The first-order valence-corrected chi connectivity index (χ1v) is 2.51. The molecule has 0 amide bonds. The maximum atomic E-state index is 8.51. The molecule has 0 aromatic heterocycles. The molecule has 0 aromatic carbocycles. The van der Waals surface area contributed by atoms with E-state index >= 15 is 0 Å². The number of hydrogen-bond acceptors (Lipinski definition) is 2. The third-order valence-corrected chi connectivity index (χ3v) is 1.66. The molecule has 1 saturated carbocycles. The van der Waals surface area contributed by atoms with Crippen LogP contribution < -0.4 is 0 Å². The molecular weight excluding hydrogens is 92.1 g/mol. The topological polar surface area (TPSA) is 40.5 Å². The highest BCUT2D eigenvalue weighted by atomic mass is 16.5. The van der Waals surface area contributed by atoms with Crippen LogP contribution in [-0.2, 0) is 0 Å². The van der Waals surface area contributed by atoms with E-state index in [4.69, 9.17) is 10.2 Å². The van der Waals surface area contributed by atoms with E-state index in [0.717, 1.165) is 12.8 Å². The van der Waals surface area contributed by atoms with Gasteiger partial charge in [-0.3, -0.25) is 0 Å². The molecular formula is C5H10O2. The van der Waals surface area contributed by atoms with Crippen LogP contribution in [0.5, 0.6) is 0 Å². The van der Waals surface area contributed by atoms with Crippen LogP contribution in [0.1, 0.15) is 19.8 Å². The predicted molar refractivity (Wildman–Crippen MR) is 25.6 cm³/mol. The Hall–Kier alpha value is -0.0800. The smallest absolute Gasteiger partial charge is 0.156 e. The van der Waals surface area contributed by atoms with Crippen LogP contribution in [0.4, 0.5) is 0 Å². The average Bonchev–Trinajstić information content (AvgIpc) is 2.21. The van der Waals surface area contributed by atoms with Crippen LogP contribution in [0.25, 0.3) is 0 Å². The second-order valence-electron chi connectivity index (χ2n) is 2.53. The third kappa shape index (κ3) is 0.763. The molecule has 2 heteroatoms. The maximum Gasteiger partial charge on any atom is 0.156 e. The Labute approximate surface area is 42.8 Å². The van der Waals surface area contributed by atoms with Gasteiger partial charge in [0.25, 0.3) is 0 Å². The molecule has 0 radical (unpaired) electrons. The van der Waals surface area contributed by atoms with E-state index in [0.29, 0.717) is 0 Å². The van der Waals surface area contributed by atoms with E-state index in [2.05, 4.69) is 0 Å². The average molecular weight is 102 g/mol. The minimum absolute atomic E-state index is 0.139. The molecule has 42 valence electrons. The molecule has 0 saturated heterocycles. The summed E-state index contributed by atoms with van der Waals surface area (Å²) in [6, 6.07) is 0. The Morgan fingerprint density at radius 1 is 1.43 bits per heavy atom. The number of aliphatic hydroxyl groups excluding tert-OH is 1. The normalized spacial score (nSPS) is 25.7. The molecule has 1 rings (SSSR count). The molecule has 2 N–H and O–H groups in total. The zero-order valence-electron chi connectivity index (χ0n) is 4.39. The van der Waals surface area contributed by atoms with Gasteiger partial charge in [0.05, 0.1) is 0 Å². The third-order valence-electron chi connectivity index (χ3n) is 1.66. The predicted octanol–water partition coefficient (Wildman–Crippen LogP) is 0.0972. The van der Waals surface area contributed by atoms with E-state index in [1.54, 1.807) is 0 Å². The summed E-state index contributed by atoms with van der Waals surface area (Å²) in [6.07, 6.45) is 0.836. The molecule has 0 spiro atoms. The van der Waals surface area contributed by atoms with Gasteiger partial charge in [0.2, 0.25) is 0 Å². The van der Waals surface area contributed by atoms with Crippen molar-refractivity contribution >= 4 is 0 Å². The van der Waals surface area contributed by atoms with Gasteiger partial charge in [-0.05, 0) is 12.8 Å². The Morgan fingerprint density at radius 2 is 1.86 bits per heavy atom. The highest BCUT2D eigenvalue weighted by Crippen LogP contribution is 2.46. The van der Waals surface area contributed by atoms with Crippen molar-refractivity contribution in [2.24, 2.45) is 5.41 Å². The lowest BCUT2D eigenvalue weighted by Gasteiger charge is -2.08. The molecule has 7 heavy (non-hydrogen) atoms. The van der Waals surface area contributed by atoms with Crippen molar-refractivity contribution in [3.63, 3.8) is 0 Å². The number of rotatable bonds is 1. The first-order valence-electron chi connectivity index (χ1n) is 2.51. The SMILES string of the molecule is CC1(C(O)O)CC1. The monoisotopic (exact) mass is 102 g/mol. The summed E-state index contributed by atoms with van der Waals surface area (Å²) in [5, 5.41) is 17.0. The van der Waals surface area contributed by atoms with Gasteiger partial charge < -0.3 is 10.2 Å². The molecule has 0 atom stereocenters. The summed E-state index contributed by atoms with van der Waals surface area (Å²) >= 11 is 0. The first-order chi connectivity index (χ1) is 3.15. The fourth-order valence-electron chi connectivity index (χ4n) is 0.455. The van der Waals surface area contributed by atoms with Crippen LogP contribution in [0.2, 0.25) is 0 Å². The molecule has 0 aliphatic heterocycles. The largest absolute Gasteiger partial charge is 0.368 e. The van der Waals surface area contributed by atoms with Gasteiger partial charge >= 0.3 is 0 Å². The van der Waals surface area contributed by atoms with Gasteiger partial charge in [0.1, 0.15) is 0 Å². The zero-order chi connectivity index (χ0) is 5.49. The van der Waals surface area contributed by atoms with Crippen molar-refractivity contribution in [3.05, 3.63) is 0 Å². The lowest BCUT2D eigenvalue weighted by atomic mass is 10.1. The van der Waals surface area contributed by atoms with E-state index in [-0.39, 0.29) is 5.41 Å². The van der Waals surface area contributed by atoms with Gasteiger partial charge in [0.15, 0.2) is 6.29 Å². The summed E-state index contributed by atoms with van der Waals surface area (Å²) in [5.74, 6) is 0. The minimum atomic E-state index is -1.09. The molecule has 1 aliphatic carbocycles. The molecule has 0 unspecified atom stereocenters. The fraction of sp³-hybridized carbons (Fsp3) is 1.00. The molecule has 1 aliphatic rings. The Kier molecular flexibility index (Phi) is 0.869. The van der Waals surface area contributed by atoms with Crippen molar-refractivity contribution in [2.45, 2.75) is 26.1 Å². The van der Waals surface area contributed by atoms with Crippen LogP contribution in [0.15, 0.2) is 0 Å². The Balaban J connectivity index is 2.39. The van der Waals surface area contributed by atoms with Crippen molar-refractivity contribution < 1.29 is 10.2 Å². The fourth-order valence-corrected chi connectivity index (χ4v) is 0.455. The van der Waals surface area contributed by atoms with Crippen LogP contribution >= 0.6 is 0 Å². The number of aliphatic hydroxyl groups is 2. The van der Waals surface area contributed by atoms with Crippen LogP contribution in [0.3, 0.4) is 0 Å². The summed E-state index contributed by atoms with van der Waals surface area (Å²) in [7, 11) is 0. The van der Waals surface area contributed by atoms with Crippen molar-refractivity contribution in [2.75, 3.05) is 0 Å². The summed E-state index contributed by atoms with van der Waals surface area (Å²) in [6.45, 7) is 1.87. The number of hydrogen-bond donors (Lipinski definition) is 2. The zero-order valence-corrected chi connectivity index (χ0v) is 4.39. The standard InChI is InChI=1S/C5H10O2/c1-5(2-3-5)4(6)7/h4,6-7H,2-3H2,1H3. The minimum Gasteiger partial charge on any atom is -0.368 e. The van der Waals surface area contributed by atoms with Crippen molar-refractivity contribution in [1.29, 1.82) is 0 Å². The van der Waals surface area contributed by atoms with E-state index in [9.17, 15) is 0 Å². The second kappa shape index (κ2) is 1.20. The lowest BCUT2D eigenvalue weighted by molar-refractivity contribution is -0.0891. The van der Waals surface area contributed by atoms with Crippen molar-refractivity contribution in [1.82, 2.24) is 0 Å². The molecule has 0 aromatic rings. The van der Waals surface area contributed by atoms with Gasteiger partial charge in [-0.15, -0.1) is 0 Å². The van der Waals surface area contributed by atoms with E-state index < -0.39 is 6.29 Å². The van der Waals surface area contributed by atoms with Crippen molar-refractivity contribution in [3.8, 4) is 0 Å². The van der Waals surface area contributed by atoms with E-state index in [1.165, 1.54) is 0 Å². The van der Waals surface area contributed by atoms with Gasteiger partial charge in [-0.25, -0.2) is 0 Å². The lowest BCUT2D eigenvalue weighted by Crippen LogP contribution is -2.16. The molecule has 0 heterocycles. The molecule has 1 fully saturated rings. The maximum absolute atomic E-state index is 8.51.